The van der Waals surface area contributed by atoms with Crippen LogP contribution in [0.3, 0.4) is 0 Å². The molecule has 1 aliphatic rings. The van der Waals surface area contributed by atoms with Crippen molar-refractivity contribution in [3.63, 3.8) is 0 Å². The Morgan fingerprint density at radius 1 is 1.45 bits per heavy atom. The summed E-state index contributed by atoms with van der Waals surface area (Å²) in [5.41, 5.74) is 6.25. The maximum atomic E-state index is 13.0. The Bertz CT molecular complexity index is 599. The van der Waals surface area contributed by atoms with Gasteiger partial charge in [0.05, 0.1) is 12.6 Å². The largest absolute Gasteiger partial charge is 0.424 e. The zero-order valence-electron chi connectivity index (χ0n) is 12.5. The van der Waals surface area contributed by atoms with Crippen LogP contribution in [-0.4, -0.2) is 47.7 Å². The third-order valence-electron chi connectivity index (χ3n) is 3.78. The number of hydrogen-bond donors (Lipinski definition) is 1. The second-order valence-corrected chi connectivity index (χ2v) is 5.25. The molecule has 0 saturated carbocycles. The zero-order chi connectivity index (χ0) is 16.3. The Balaban J connectivity index is 2.29. The van der Waals surface area contributed by atoms with Crippen LogP contribution in [0.1, 0.15) is 12.5 Å². The lowest BCUT2D eigenvalue weighted by Gasteiger charge is -2.44. The van der Waals surface area contributed by atoms with Crippen molar-refractivity contribution in [1.29, 1.82) is 0 Å². The molecule has 7 heteroatoms. The van der Waals surface area contributed by atoms with Gasteiger partial charge >= 0.3 is 6.09 Å². The van der Waals surface area contributed by atoms with Gasteiger partial charge in [-0.05, 0) is 31.7 Å². The molecule has 0 aliphatic carbocycles. The Morgan fingerprint density at radius 2 is 2.09 bits per heavy atom. The fourth-order valence-corrected chi connectivity index (χ4v) is 2.46. The topological polar surface area (TPSA) is 75.9 Å². The van der Waals surface area contributed by atoms with Crippen molar-refractivity contribution in [3.8, 4) is 0 Å². The van der Waals surface area contributed by atoms with Gasteiger partial charge in [0.15, 0.2) is 6.23 Å². The average Bonchev–Trinajstić information content (AvgIpc) is 2.46. The van der Waals surface area contributed by atoms with Crippen LogP contribution in [0.5, 0.6) is 0 Å². The van der Waals surface area contributed by atoms with E-state index in [4.69, 9.17) is 10.5 Å². The maximum absolute atomic E-state index is 13.0. The molecule has 1 aliphatic heterocycles. The van der Waals surface area contributed by atoms with E-state index < -0.39 is 12.3 Å². The highest BCUT2D eigenvalue weighted by molar-refractivity contribution is 5.65. The summed E-state index contributed by atoms with van der Waals surface area (Å²) in [6.45, 7) is 2.55. The van der Waals surface area contributed by atoms with E-state index in [0.717, 1.165) is 5.56 Å². The second kappa shape index (κ2) is 6.60. The minimum atomic E-state index is -0.915. The first kappa shape index (κ1) is 16.0. The van der Waals surface area contributed by atoms with Crippen LogP contribution in [0.25, 0.3) is 0 Å². The highest BCUT2D eigenvalue weighted by Gasteiger charge is 2.36. The van der Waals surface area contributed by atoms with Crippen molar-refractivity contribution in [2.45, 2.75) is 25.7 Å². The number of primary amides is 1. The molecule has 0 aromatic heterocycles. The number of nitrogens with two attached hydrogens (primary N) is 1. The van der Waals surface area contributed by atoms with Gasteiger partial charge in [0, 0.05) is 6.54 Å². The standard InChI is InChI=1S/C15H18FN3O3/c1-10-13(9-20)19(7-11-3-5-12(16)6-4-11)14(8-18(10)2)22-15(17)21/h3-6,10,14H,7-8H2,1-2H3,(H2,17,21). The Morgan fingerprint density at radius 3 is 2.64 bits per heavy atom. The van der Waals surface area contributed by atoms with E-state index in [2.05, 4.69) is 0 Å². The Labute approximate surface area is 127 Å². The number of likely N-dealkylation sites (N-methyl/N-ethyl adjacent to an activating group) is 1. The molecular formula is C15H18FN3O3. The number of piperazine rings is 1. The molecule has 1 saturated heterocycles. The van der Waals surface area contributed by atoms with Crippen LogP contribution in [-0.2, 0) is 16.1 Å². The van der Waals surface area contributed by atoms with Crippen molar-refractivity contribution in [3.05, 3.63) is 41.3 Å². The predicted molar refractivity (Wildman–Crippen MR) is 77.7 cm³/mol. The number of nitrogens with zero attached hydrogens (tertiary/aromatic N) is 2. The summed E-state index contributed by atoms with van der Waals surface area (Å²) in [7, 11) is 1.81. The summed E-state index contributed by atoms with van der Waals surface area (Å²) in [6.07, 6.45) is -1.61. The molecule has 6 nitrogen and oxygen atoms in total. The second-order valence-electron chi connectivity index (χ2n) is 5.25. The lowest BCUT2D eigenvalue weighted by molar-refractivity contribution is -0.0481. The van der Waals surface area contributed by atoms with Crippen molar-refractivity contribution in [2.75, 3.05) is 13.6 Å². The molecule has 118 valence electrons. The van der Waals surface area contributed by atoms with E-state index in [0.29, 0.717) is 18.8 Å². The smallest absolute Gasteiger partial charge is 0.406 e. The molecule has 0 bridgehead atoms. The van der Waals surface area contributed by atoms with Gasteiger partial charge in [-0.15, -0.1) is 0 Å². The average molecular weight is 307 g/mol. The van der Waals surface area contributed by atoms with E-state index in [1.165, 1.54) is 12.1 Å². The lowest BCUT2D eigenvalue weighted by Crippen LogP contribution is -2.56. The van der Waals surface area contributed by atoms with E-state index >= 15 is 0 Å². The van der Waals surface area contributed by atoms with Crippen molar-refractivity contribution in [1.82, 2.24) is 9.80 Å². The number of ether oxygens (including phenoxy) is 1. The summed E-state index contributed by atoms with van der Waals surface area (Å²) in [4.78, 5) is 25.9. The summed E-state index contributed by atoms with van der Waals surface area (Å²) < 4.78 is 18.1. The van der Waals surface area contributed by atoms with Gasteiger partial charge in [-0.2, -0.15) is 0 Å². The van der Waals surface area contributed by atoms with E-state index in [-0.39, 0.29) is 11.9 Å². The van der Waals surface area contributed by atoms with E-state index in [1.807, 2.05) is 24.8 Å². The van der Waals surface area contributed by atoms with Gasteiger partial charge < -0.3 is 15.4 Å². The molecule has 1 amide bonds. The van der Waals surface area contributed by atoms with Crippen molar-refractivity contribution < 1.29 is 18.7 Å². The third kappa shape index (κ3) is 3.44. The quantitative estimate of drug-likeness (QED) is 0.846. The number of hydrogen-bond acceptors (Lipinski definition) is 5. The lowest BCUT2D eigenvalue weighted by atomic mass is 10.1. The first-order valence-electron chi connectivity index (χ1n) is 6.84. The molecule has 2 atom stereocenters. The number of rotatable bonds is 3. The Hall–Kier alpha value is -2.37. The highest BCUT2D eigenvalue weighted by Crippen LogP contribution is 2.25. The van der Waals surface area contributed by atoms with Gasteiger partial charge in [0.25, 0.3) is 0 Å². The molecule has 1 fully saturated rings. The molecule has 2 N–H and O–H groups in total. The molecule has 0 spiro atoms. The number of amides is 1. The summed E-state index contributed by atoms with van der Waals surface area (Å²) in [5, 5.41) is 0. The zero-order valence-corrected chi connectivity index (χ0v) is 12.5. The third-order valence-corrected chi connectivity index (χ3v) is 3.78. The molecule has 1 heterocycles. The molecular weight excluding hydrogens is 289 g/mol. The molecule has 0 radical (unpaired) electrons. The first-order chi connectivity index (χ1) is 10.4. The van der Waals surface area contributed by atoms with Gasteiger partial charge in [0.2, 0.25) is 0 Å². The Kier molecular flexibility index (Phi) is 4.80. The van der Waals surface area contributed by atoms with Crippen LogP contribution < -0.4 is 5.73 Å². The fraction of sp³-hybridized carbons (Fsp3) is 0.400. The van der Waals surface area contributed by atoms with Gasteiger partial charge in [-0.3, -0.25) is 4.90 Å². The van der Waals surface area contributed by atoms with Crippen LogP contribution >= 0.6 is 0 Å². The van der Waals surface area contributed by atoms with Crippen molar-refractivity contribution in [2.24, 2.45) is 5.73 Å². The van der Waals surface area contributed by atoms with Crippen LogP contribution in [0.2, 0.25) is 0 Å². The molecule has 2 rings (SSSR count). The van der Waals surface area contributed by atoms with Crippen LogP contribution in [0.15, 0.2) is 30.0 Å². The minimum absolute atomic E-state index is 0.175. The summed E-state index contributed by atoms with van der Waals surface area (Å²) in [5.74, 6) is 1.57. The highest BCUT2D eigenvalue weighted by atomic mass is 19.1. The summed E-state index contributed by atoms with van der Waals surface area (Å²) in [6, 6.07) is 5.72. The van der Waals surface area contributed by atoms with Gasteiger partial charge in [0.1, 0.15) is 17.5 Å². The molecule has 1 aromatic rings. The number of halogens is 1. The fourth-order valence-electron chi connectivity index (χ4n) is 2.46. The number of carbonyl (C=O) groups is 1. The van der Waals surface area contributed by atoms with Crippen LogP contribution in [0.4, 0.5) is 9.18 Å². The number of benzene rings is 1. The molecule has 2 unspecified atom stereocenters. The first-order valence-corrected chi connectivity index (χ1v) is 6.84. The SMILES string of the molecule is CC1C(=C=O)N(Cc2ccc(F)cc2)C(OC(N)=O)CN1C. The minimum Gasteiger partial charge on any atom is -0.424 e. The molecule has 22 heavy (non-hydrogen) atoms. The van der Waals surface area contributed by atoms with Crippen molar-refractivity contribution >= 4 is 12.0 Å². The normalized spacial score (nSPS) is 22.3. The maximum Gasteiger partial charge on any atom is 0.406 e. The number of carbonyl (C=O) groups excluding carboxylic acids is 2. The van der Waals surface area contributed by atoms with E-state index in [1.54, 1.807) is 17.0 Å². The predicted octanol–water partition coefficient (Wildman–Crippen LogP) is 1.10. The van der Waals surface area contributed by atoms with Crippen LogP contribution in [0, 0.1) is 5.82 Å². The van der Waals surface area contributed by atoms with Gasteiger partial charge in [-0.1, -0.05) is 12.1 Å². The van der Waals surface area contributed by atoms with E-state index in [9.17, 15) is 14.0 Å². The molecule has 1 aromatic carbocycles. The monoisotopic (exact) mass is 307 g/mol. The summed E-state index contributed by atoms with van der Waals surface area (Å²) >= 11 is 0. The van der Waals surface area contributed by atoms with Gasteiger partial charge in [-0.25, -0.2) is 14.0 Å².